The zero-order valence-electron chi connectivity index (χ0n) is 10.4. The number of carbonyl (C=O) groups excluding carboxylic acids is 1. The largest absolute Gasteiger partial charge is 0.399 e. The molecule has 0 spiro atoms. The van der Waals surface area contributed by atoms with Gasteiger partial charge in [-0.3, -0.25) is 4.79 Å². The van der Waals surface area contributed by atoms with Crippen LogP contribution in [0.25, 0.3) is 0 Å². The van der Waals surface area contributed by atoms with Crippen molar-refractivity contribution in [3.63, 3.8) is 0 Å². The molecule has 2 rings (SSSR count). The van der Waals surface area contributed by atoms with Crippen LogP contribution in [-0.2, 0) is 11.2 Å². The van der Waals surface area contributed by atoms with E-state index in [1.54, 1.807) is 0 Å². The second kappa shape index (κ2) is 5.21. The van der Waals surface area contributed by atoms with Gasteiger partial charge in [-0.1, -0.05) is 19.1 Å². The Hall–Kier alpha value is -1.51. The molecule has 1 aromatic carbocycles. The van der Waals surface area contributed by atoms with Crippen molar-refractivity contribution in [2.75, 3.05) is 12.3 Å². The second-order valence-corrected chi connectivity index (χ2v) is 4.74. The number of carbonyl (C=O) groups is 1. The maximum absolute atomic E-state index is 12.2. The van der Waals surface area contributed by atoms with E-state index in [9.17, 15) is 4.79 Å². The van der Waals surface area contributed by atoms with Crippen LogP contribution in [0.2, 0.25) is 0 Å². The first-order valence-corrected chi connectivity index (χ1v) is 6.34. The molecule has 0 radical (unpaired) electrons. The van der Waals surface area contributed by atoms with Gasteiger partial charge in [0.2, 0.25) is 5.91 Å². The van der Waals surface area contributed by atoms with Crippen LogP contribution in [0.15, 0.2) is 24.3 Å². The van der Waals surface area contributed by atoms with Gasteiger partial charge in [0.05, 0.1) is 6.42 Å². The monoisotopic (exact) mass is 232 g/mol. The fourth-order valence-electron chi connectivity index (χ4n) is 2.12. The van der Waals surface area contributed by atoms with Crippen LogP contribution >= 0.6 is 0 Å². The number of benzene rings is 1. The minimum atomic E-state index is 0.236. The lowest BCUT2D eigenvalue weighted by Gasteiger charge is -2.21. The van der Waals surface area contributed by atoms with E-state index in [0.29, 0.717) is 12.5 Å². The number of rotatable bonds is 5. The lowest BCUT2D eigenvalue weighted by atomic mass is 10.1. The van der Waals surface area contributed by atoms with Crippen LogP contribution in [-0.4, -0.2) is 23.4 Å². The van der Waals surface area contributed by atoms with E-state index in [-0.39, 0.29) is 5.91 Å². The summed E-state index contributed by atoms with van der Waals surface area (Å²) in [6.07, 6.45) is 3.84. The summed E-state index contributed by atoms with van der Waals surface area (Å²) in [5.74, 6) is 0.236. The summed E-state index contributed by atoms with van der Waals surface area (Å²) >= 11 is 0. The molecule has 0 unspecified atom stereocenters. The molecule has 0 atom stereocenters. The quantitative estimate of drug-likeness (QED) is 0.791. The summed E-state index contributed by atoms with van der Waals surface area (Å²) in [7, 11) is 0. The van der Waals surface area contributed by atoms with Crippen molar-refractivity contribution in [3.05, 3.63) is 29.8 Å². The normalized spacial score (nSPS) is 14.6. The topological polar surface area (TPSA) is 46.3 Å². The molecule has 0 aliphatic heterocycles. The van der Waals surface area contributed by atoms with Gasteiger partial charge in [-0.2, -0.15) is 0 Å². The maximum Gasteiger partial charge on any atom is 0.227 e. The van der Waals surface area contributed by atoms with Gasteiger partial charge in [0, 0.05) is 18.3 Å². The fourth-order valence-corrected chi connectivity index (χ4v) is 2.12. The Morgan fingerprint density at radius 2 is 2.24 bits per heavy atom. The Kier molecular flexibility index (Phi) is 3.67. The highest BCUT2D eigenvalue weighted by Crippen LogP contribution is 2.27. The summed E-state index contributed by atoms with van der Waals surface area (Å²) in [5.41, 5.74) is 7.45. The second-order valence-electron chi connectivity index (χ2n) is 4.74. The minimum Gasteiger partial charge on any atom is -0.399 e. The molecule has 1 aliphatic carbocycles. The predicted molar refractivity (Wildman–Crippen MR) is 69.6 cm³/mol. The van der Waals surface area contributed by atoms with Gasteiger partial charge in [-0.15, -0.1) is 0 Å². The molecule has 3 nitrogen and oxygen atoms in total. The van der Waals surface area contributed by atoms with Crippen molar-refractivity contribution in [1.82, 2.24) is 4.90 Å². The Morgan fingerprint density at radius 1 is 1.47 bits per heavy atom. The number of nitrogens with two attached hydrogens (primary N) is 1. The van der Waals surface area contributed by atoms with Gasteiger partial charge >= 0.3 is 0 Å². The number of anilines is 1. The predicted octanol–water partition coefficient (Wildman–Crippen LogP) is 2.21. The van der Waals surface area contributed by atoms with Crippen molar-refractivity contribution in [1.29, 1.82) is 0 Å². The molecule has 3 heteroatoms. The first kappa shape index (κ1) is 12.0. The summed E-state index contributed by atoms with van der Waals surface area (Å²) in [5, 5.41) is 0. The van der Waals surface area contributed by atoms with Crippen molar-refractivity contribution in [2.45, 2.75) is 38.6 Å². The van der Waals surface area contributed by atoms with Crippen LogP contribution in [0.4, 0.5) is 5.69 Å². The van der Waals surface area contributed by atoms with Crippen LogP contribution in [0, 0.1) is 0 Å². The van der Waals surface area contributed by atoms with Gasteiger partial charge in [-0.05, 0) is 37.0 Å². The van der Waals surface area contributed by atoms with Crippen molar-refractivity contribution >= 4 is 11.6 Å². The average Bonchev–Trinajstić information content (AvgIpc) is 3.09. The van der Waals surface area contributed by atoms with Crippen molar-refractivity contribution < 1.29 is 4.79 Å². The molecule has 0 aromatic heterocycles. The molecule has 17 heavy (non-hydrogen) atoms. The molecule has 1 saturated carbocycles. The van der Waals surface area contributed by atoms with E-state index in [1.165, 1.54) is 12.8 Å². The molecule has 1 aromatic rings. The third-order valence-electron chi connectivity index (χ3n) is 3.08. The van der Waals surface area contributed by atoms with E-state index >= 15 is 0 Å². The van der Waals surface area contributed by atoms with Crippen LogP contribution in [0.1, 0.15) is 31.7 Å². The Labute approximate surface area is 103 Å². The lowest BCUT2D eigenvalue weighted by Crippen LogP contribution is -2.34. The summed E-state index contributed by atoms with van der Waals surface area (Å²) in [4.78, 5) is 14.2. The highest BCUT2D eigenvalue weighted by molar-refractivity contribution is 5.79. The smallest absolute Gasteiger partial charge is 0.227 e. The third-order valence-corrected chi connectivity index (χ3v) is 3.08. The molecule has 92 valence electrons. The average molecular weight is 232 g/mol. The van der Waals surface area contributed by atoms with Gasteiger partial charge in [0.15, 0.2) is 0 Å². The number of hydrogen-bond acceptors (Lipinski definition) is 2. The number of hydrogen-bond donors (Lipinski definition) is 1. The zero-order chi connectivity index (χ0) is 12.3. The Balaban J connectivity index is 1.99. The first-order chi connectivity index (χ1) is 8.20. The molecule has 0 saturated heterocycles. The van der Waals surface area contributed by atoms with Gasteiger partial charge in [-0.25, -0.2) is 0 Å². The highest BCUT2D eigenvalue weighted by atomic mass is 16.2. The number of nitrogens with zero attached hydrogens (tertiary/aromatic N) is 1. The third kappa shape index (κ3) is 3.22. The molecular weight excluding hydrogens is 212 g/mol. The van der Waals surface area contributed by atoms with Crippen LogP contribution < -0.4 is 5.73 Å². The van der Waals surface area contributed by atoms with Crippen molar-refractivity contribution in [2.24, 2.45) is 0 Å². The zero-order valence-corrected chi connectivity index (χ0v) is 10.4. The summed E-state index contributed by atoms with van der Waals surface area (Å²) in [6.45, 7) is 3.00. The van der Waals surface area contributed by atoms with Gasteiger partial charge in [0.25, 0.3) is 0 Å². The molecule has 1 fully saturated rings. The molecular formula is C14H20N2O. The lowest BCUT2D eigenvalue weighted by molar-refractivity contribution is -0.131. The van der Waals surface area contributed by atoms with E-state index < -0.39 is 0 Å². The highest BCUT2D eigenvalue weighted by Gasteiger charge is 2.31. The Bertz CT molecular complexity index is 399. The molecule has 0 heterocycles. The Morgan fingerprint density at radius 3 is 2.82 bits per heavy atom. The standard InChI is InChI=1S/C14H20N2O/c1-2-8-16(13-6-7-13)14(17)10-11-4-3-5-12(15)9-11/h3-5,9,13H,2,6-8,10,15H2,1H3. The van der Waals surface area contributed by atoms with E-state index in [2.05, 4.69) is 6.92 Å². The molecule has 1 aliphatic rings. The number of nitrogen functional groups attached to an aromatic ring is 1. The fraction of sp³-hybridized carbons (Fsp3) is 0.500. The van der Waals surface area contributed by atoms with Crippen molar-refractivity contribution in [3.8, 4) is 0 Å². The summed E-state index contributed by atoms with van der Waals surface area (Å²) in [6, 6.07) is 8.10. The van der Waals surface area contributed by atoms with Crippen LogP contribution in [0.5, 0.6) is 0 Å². The molecule has 0 bridgehead atoms. The maximum atomic E-state index is 12.2. The first-order valence-electron chi connectivity index (χ1n) is 6.34. The van der Waals surface area contributed by atoms with E-state index in [0.717, 1.165) is 24.2 Å². The van der Waals surface area contributed by atoms with Gasteiger partial charge in [0.1, 0.15) is 0 Å². The van der Waals surface area contributed by atoms with Gasteiger partial charge < -0.3 is 10.6 Å². The minimum absolute atomic E-state index is 0.236. The SMILES string of the molecule is CCCN(C(=O)Cc1cccc(N)c1)C1CC1. The summed E-state index contributed by atoms with van der Waals surface area (Å²) < 4.78 is 0. The van der Waals surface area contributed by atoms with E-state index in [4.69, 9.17) is 5.73 Å². The molecule has 1 amide bonds. The van der Waals surface area contributed by atoms with E-state index in [1.807, 2.05) is 29.2 Å². The molecule has 2 N–H and O–H groups in total. The number of amides is 1. The van der Waals surface area contributed by atoms with Crippen LogP contribution in [0.3, 0.4) is 0 Å².